The molecule has 0 unspecified atom stereocenters. The summed E-state index contributed by atoms with van der Waals surface area (Å²) < 4.78 is 43.5. The van der Waals surface area contributed by atoms with E-state index in [1.807, 2.05) is 0 Å². The Balaban J connectivity index is 3.32. The Morgan fingerprint density at radius 2 is 2.12 bits per heavy atom. The summed E-state index contributed by atoms with van der Waals surface area (Å²) in [5.74, 6) is -2.94. The van der Waals surface area contributed by atoms with Crippen LogP contribution in [0.4, 0.5) is 18.9 Å². The highest BCUT2D eigenvalue weighted by Crippen LogP contribution is 2.42. The van der Waals surface area contributed by atoms with Crippen LogP contribution in [0.2, 0.25) is 0 Å². The number of aromatic nitrogens is 1. The summed E-state index contributed by atoms with van der Waals surface area (Å²) >= 11 is 0. The summed E-state index contributed by atoms with van der Waals surface area (Å²) in [7, 11) is 1.04. The second-order valence-electron chi connectivity index (χ2n) is 2.63. The number of hydrogen-bond acceptors (Lipinski definition) is 6. The van der Waals surface area contributed by atoms with E-state index < -0.39 is 34.4 Å². The fraction of sp³-hybridized carbons (Fsp3) is 0.286. The molecule has 17 heavy (non-hydrogen) atoms. The monoisotopic (exact) mass is 254 g/mol. The van der Waals surface area contributed by atoms with Crippen LogP contribution in [-0.2, 0) is 0 Å². The molecule has 0 atom stereocenters. The van der Waals surface area contributed by atoms with Crippen molar-refractivity contribution in [2.45, 2.75) is 6.36 Å². The van der Waals surface area contributed by atoms with Crippen molar-refractivity contribution in [3.05, 3.63) is 16.3 Å². The zero-order valence-corrected chi connectivity index (χ0v) is 8.19. The summed E-state index contributed by atoms with van der Waals surface area (Å²) in [4.78, 5) is 12.5. The lowest BCUT2D eigenvalue weighted by Crippen LogP contribution is -2.18. The Morgan fingerprint density at radius 1 is 1.53 bits per heavy atom. The van der Waals surface area contributed by atoms with Crippen molar-refractivity contribution in [2.75, 3.05) is 7.11 Å². The molecule has 10 heteroatoms. The van der Waals surface area contributed by atoms with Gasteiger partial charge in [-0.3, -0.25) is 10.1 Å². The number of halogens is 3. The van der Waals surface area contributed by atoms with Crippen LogP contribution in [0.1, 0.15) is 0 Å². The highest BCUT2D eigenvalue weighted by Gasteiger charge is 2.37. The van der Waals surface area contributed by atoms with E-state index >= 15 is 0 Å². The molecule has 1 aromatic heterocycles. The number of nitrogens with zero attached hydrogens (tertiary/aromatic N) is 2. The molecular weight excluding hydrogens is 249 g/mol. The van der Waals surface area contributed by atoms with E-state index in [0.29, 0.717) is 6.20 Å². The third-order valence-corrected chi connectivity index (χ3v) is 1.56. The van der Waals surface area contributed by atoms with Crippen molar-refractivity contribution in [1.29, 1.82) is 0 Å². The van der Waals surface area contributed by atoms with Crippen LogP contribution in [0.5, 0.6) is 17.4 Å². The highest BCUT2D eigenvalue weighted by molar-refractivity contribution is 5.59. The first-order valence-electron chi connectivity index (χ1n) is 3.92. The van der Waals surface area contributed by atoms with Crippen molar-refractivity contribution < 1.29 is 32.7 Å². The molecule has 0 spiro atoms. The number of alkyl halides is 3. The van der Waals surface area contributed by atoms with Crippen LogP contribution in [0.3, 0.4) is 0 Å². The van der Waals surface area contributed by atoms with Gasteiger partial charge in [-0.25, -0.2) is 4.98 Å². The van der Waals surface area contributed by atoms with E-state index in [0.717, 1.165) is 7.11 Å². The molecule has 0 aliphatic carbocycles. The lowest BCUT2D eigenvalue weighted by atomic mass is 10.3. The third-order valence-electron chi connectivity index (χ3n) is 1.56. The molecule has 0 fully saturated rings. The first kappa shape index (κ1) is 12.8. The van der Waals surface area contributed by atoms with Crippen molar-refractivity contribution in [2.24, 2.45) is 0 Å². The maximum atomic E-state index is 11.9. The molecule has 0 aliphatic rings. The van der Waals surface area contributed by atoms with Crippen LogP contribution >= 0.6 is 0 Å². The molecule has 1 aromatic rings. The van der Waals surface area contributed by atoms with Gasteiger partial charge in [-0.2, -0.15) is 0 Å². The van der Waals surface area contributed by atoms with Gasteiger partial charge < -0.3 is 14.6 Å². The number of aromatic hydroxyl groups is 1. The normalized spacial score (nSPS) is 11.1. The summed E-state index contributed by atoms with van der Waals surface area (Å²) in [6, 6.07) is 0. The van der Waals surface area contributed by atoms with E-state index in [9.17, 15) is 28.4 Å². The average molecular weight is 254 g/mol. The number of ether oxygens (including phenoxy) is 2. The predicted molar refractivity (Wildman–Crippen MR) is 45.8 cm³/mol. The first-order valence-corrected chi connectivity index (χ1v) is 3.92. The molecule has 0 bridgehead atoms. The Kier molecular flexibility index (Phi) is 3.25. The van der Waals surface area contributed by atoms with Crippen molar-refractivity contribution in [1.82, 2.24) is 4.98 Å². The summed E-state index contributed by atoms with van der Waals surface area (Å²) in [5, 5.41) is 19.8. The number of pyridine rings is 1. The van der Waals surface area contributed by atoms with Crippen molar-refractivity contribution in [3.63, 3.8) is 0 Å². The van der Waals surface area contributed by atoms with Crippen LogP contribution in [-0.4, -0.2) is 28.5 Å². The quantitative estimate of drug-likeness (QED) is 0.650. The molecule has 0 aromatic carbocycles. The predicted octanol–water partition coefficient (Wildman–Crippen LogP) is 1.60. The van der Waals surface area contributed by atoms with Crippen molar-refractivity contribution >= 4 is 5.69 Å². The average Bonchev–Trinajstić information content (AvgIpc) is 2.14. The van der Waals surface area contributed by atoms with Crippen LogP contribution in [0, 0.1) is 10.1 Å². The molecule has 0 amide bonds. The molecule has 7 nitrogen and oxygen atoms in total. The molecule has 1 heterocycles. The number of hydrogen-bond donors (Lipinski definition) is 1. The van der Waals surface area contributed by atoms with Gasteiger partial charge in [-0.15, -0.1) is 13.2 Å². The van der Waals surface area contributed by atoms with Gasteiger partial charge in [0.1, 0.15) is 0 Å². The van der Waals surface area contributed by atoms with Crippen LogP contribution in [0.25, 0.3) is 0 Å². The maximum Gasteiger partial charge on any atom is 0.573 e. The standard InChI is InChI=1S/C7H5F3N2O5/c1-16-6-5(13)4(12(14)15)3(2-11-6)17-7(8,9)10/h2,13H,1H3. The number of methoxy groups -OCH3 is 1. The van der Waals surface area contributed by atoms with Crippen LogP contribution < -0.4 is 9.47 Å². The van der Waals surface area contributed by atoms with Gasteiger partial charge in [0.2, 0.25) is 5.75 Å². The zero-order chi connectivity index (χ0) is 13.2. The Hall–Kier alpha value is -2.26. The minimum atomic E-state index is -5.13. The largest absolute Gasteiger partial charge is 0.573 e. The van der Waals surface area contributed by atoms with E-state index in [1.54, 1.807) is 0 Å². The Morgan fingerprint density at radius 3 is 2.53 bits per heavy atom. The van der Waals surface area contributed by atoms with E-state index in [1.165, 1.54) is 0 Å². The zero-order valence-electron chi connectivity index (χ0n) is 8.19. The van der Waals surface area contributed by atoms with Gasteiger partial charge in [-0.05, 0) is 0 Å². The van der Waals surface area contributed by atoms with E-state index in [-0.39, 0.29) is 0 Å². The minimum Gasteiger partial charge on any atom is -0.498 e. The number of nitro groups is 1. The molecule has 1 rings (SSSR count). The van der Waals surface area contributed by atoms with Crippen LogP contribution in [0.15, 0.2) is 6.20 Å². The SMILES string of the molecule is COc1ncc(OC(F)(F)F)c([N+](=O)[O-])c1O. The van der Waals surface area contributed by atoms with Gasteiger partial charge >= 0.3 is 12.0 Å². The van der Waals surface area contributed by atoms with Gasteiger partial charge in [-0.1, -0.05) is 0 Å². The van der Waals surface area contributed by atoms with Crippen molar-refractivity contribution in [3.8, 4) is 17.4 Å². The lowest BCUT2D eigenvalue weighted by molar-refractivity contribution is -0.389. The smallest absolute Gasteiger partial charge is 0.498 e. The van der Waals surface area contributed by atoms with Gasteiger partial charge in [0.25, 0.3) is 11.6 Å². The van der Waals surface area contributed by atoms with E-state index in [4.69, 9.17) is 0 Å². The second-order valence-corrected chi connectivity index (χ2v) is 2.63. The molecule has 0 radical (unpaired) electrons. The molecule has 94 valence electrons. The topological polar surface area (TPSA) is 94.7 Å². The van der Waals surface area contributed by atoms with Gasteiger partial charge in [0.05, 0.1) is 18.2 Å². The molecule has 1 N–H and O–H groups in total. The first-order chi connectivity index (χ1) is 7.76. The second kappa shape index (κ2) is 4.31. The molecule has 0 saturated heterocycles. The Labute approximate surface area is 91.6 Å². The minimum absolute atomic E-state index is 0.435. The fourth-order valence-corrected chi connectivity index (χ4v) is 0.983. The molecular formula is C7H5F3N2O5. The highest BCUT2D eigenvalue weighted by atomic mass is 19.4. The lowest BCUT2D eigenvalue weighted by Gasteiger charge is -2.10. The fourth-order valence-electron chi connectivity index (χ4n) is 0.983. The third kappa shape index (κ3) is 2.86. The van der Waals surface area contributed by atoms with E-state index in [2.05, 4.69) is 14.5 Å². The molecule has 0 saturated carbocycles. The van der Waals surface area contributed by atoms with Gasteiger partial charge in [0.15, 0.2) is 0 Å². The maximum absolute atomic E-state index is 11.9. The Bertz CT molecular complexity index is 448. The molecule has 0 aliphatic heterocycles. The summed E-state index contributed by atoms with van der Waals surface area (Å²) in [6.07, 6.45) is -4.70. The summed E-state index contributed by atoms with van der Waals surface area (Å²) in [6.45, 7) is 0. The summed E-state index contributed by atoms with van der Waals surface area (Å²) in [5.41, 5.74) is -1.27. The van der Waals surface area contributed by atoms with Gasteiger partial charge in [0, 0.05) is 0 Å². The number of rotatable bonds is 3.